The van der Waals surface area contributed by atoms with E-state index in [4.69, 9.17) is 27.8 Å². The van der Waals surface area contributed by atoms with Crippen molar-refractivity contribution in [2.24, 2.45) is 5.73 Å². The lowest BCUT2D eigenvalue weighted by atomic mass is 10.1. The van der Waals surface area contributed by atoms with Gasteiger partial charge in [-0.15, -0.1) is 11.8 Å². The third-order valence-electron chi connectivity index (χ3n) is 2.76. The van der Waals surface area contributed by atoms with E-state index in [1.807, 2.05) is 0 Å². The molecule has 1 rings (SSSR count). The highest BCUT2D eigenvalue weighted by Gasteiger charge is 2.36. The SMILES string of the molecule is CCOC[C@@H](O)CSc1c(N)c(C(N)=O)cc(C(F)(F)F)c1Cl. The van der Waals surface area contributed by atoms with Crippen LogP contribution in [0.4, 0.5) is 18.9 Å². The van der Waals surface area contributed by atoms with E-state index < -0.39 is 34.3 Å². The van der Waals surface area contributed by atoms with E-state index in [0.717, 1.165) is 11.8 Å². The van der Waals surface area contributed by atoms with Crippen molar-refractivity contribution in [2.75, 3.05) is 24.7 Å². The maximum atomic E-state index is 13.0. The molecule has 0 unspecified atom stereocenters. The van der Waals surface area contributed by atoms with Gasteiger partial charge in [-0.2, -0.15) is 13.2 Å². The molecule has 0 spiro atoms. The van der Waals surface area contributed by atoms with E-state index in [9.17, 15) is 23.1 Å². The first-order chi connectivity index (χ1) is 10.6. The molecule has 5 nitrogen and oxygen atoms in total. The predicted octanol–water partition coefficient (Wildman–Crippen LogP) is 2.53. The van der Waals surface area contributed by atoms with Crippen molar-refractivity contribution >= 4 is 35.0 Å². The van der Waals surface area contributed by atoms with Gasteiger partial charge in [-0.05, 0) is 13.0 Å². The van der Waals surface area contributed by atoms with Gasteiger partial charge in [0.1, 0.15) is 0 Å². The maximum absolute atomic E-state index is 13.0. The molecule has 0 aromatic heterocycles. The normalized spacial score (nSPS) is 13.1. The highest BCUT2D eigenvalue weighted by atomic mass is 35.5. The number of anilines is 1. The largest absolute Gasteiger partial charge is 0.417 e. The molecule has 1 atom stereocenters. The number of hydrogen-bond acceptors (Lipinski definition) is 5. The molecule has 0 bridgehead atoms. The Morgan fingerprint density at radius 2 is 2.13 bits per heavy atom. The van der Waals surface area contributed by atoms with Crippen molar-refractivity contribution in [3.8, 4) is 0 Å². The average molecular weight is 373 g/mol. The van der Waals surface area contributed by atoms with Crippen LogP contribution in [0.1, 0.15) is 22.8 Å². The smallest absolute Gasteiger partial charge is 0.397 e. The van der Waals surface area contributed by atoms with Gasteiger partial charge in [0.2, 0.25) is 0 Å². The molecule has 0 fully saturated rings. The first-order valence-electron chi connectivity index (χ1n) is 6.47. The number of carbonyl (C=O) groups excluding carboxylic acids is 1. The molecule has 1 amide bonds. The predicted molar refractivity (Wildman–Crippen MR) is 82.6 cm³/mol. The highest BCUT2D eigenvalue weighted by molar-refractivity contribution is 7.99. The average Bonchev–Trinajstić information content (AvgIpc) is 2.43. The molecule has 1 aromatic carbocycles. The second-order valence-corrected chi connectivity index (χ2v) is 5.92. The van der Waals surface area contributed by atoms with Gasteiger partial charge in [-0.1, -0.05) is 11.6 Å². The summed E-state index contributed by atoms with van der Waals surface area (Å²) >= 11 is 6.58. The molecule has 130 valence electrons. The lowest BCUT2D eigenvalue weighted by Gasteiger charge is -2.18. The lowest BCUT2D eigenvalue weighted by molar-refractivity contribution is -0.137. The third-order valence-corrected chi connectivity index (χ3v) is 4.53. The van der Waals surface area contributed by atoms with E-state index >= 15 is 0 Å². The molecular formula is C13H16ClF3N2O3S. The van der Waals surface area contributed by atoms with Crippen molar-refractivity contribution in [3.63, 3.8) is 0 Å². The van der Waals surface area contributed by atoms with E-state index in [1.165, 1.54) is 0 Å². The summed E-state index contributed by atoms with van der Waals surface area (Å²) in [6.45, 7) is 2.14. The number of ether oxygens (including phenoxy) is 1. The Balaban J connectivity index is 3.19. The Labute approximate surface area is 140 Å². The number of amides is 1. The molecule has 0 saturated carbocycles. The van der Waals surface area contributed by atoms with Gasteiger partial charge in [0.05, 0.1) is 39.4 Å². The zero-order valence-corrected chi connectivity index (χ0v) is 13.7. The van der Waals surface area contributed by atoms with Gasteiger partial charge in [-0.3, -0.25) is 4.79 Å². The number of nitrogens with two attached hydrogens (primary N) is 2. The molecule has 0 aliphatic heterocycles. The number of rotatable bonds is 7. The molecule has 1 aromatic rings. The fourth-order valence-electron chi connectivity index (χ4n) is 1.68. The third kappa shape index (κ3) is 5.17. The quantitative estimate of drug-likeness (QED) is 0.504. The van der Waals surface area contributed by atoms with Crippen molar-refractivity contribution in [2.45, 2.75) is 24.1 Å². The minimum Gasteiger partial charge on any atom is -0.397 e. The Bertz CT molecular complexity index is 585. The van der Waals surface area contributed by atoms with Crippen LogP contribution in [0.2, 0.25) is 5.02 Å². The van der Waals surface area contributed by atoms with Crippen molar-refractivity contribution in [1.82, 2.24) is 0 Å². The summed E-state index contributed by atoms with van der Waals surface area (Å²) in [4.78, 5) is 11.1. The molecule has 0 radical (unpaired) electrons. The summed E-state index contributed by atoms with van der Waals surface area (Å²) < 4.78 is 44.0. The zero-order chi connectivity index (χ0) is 17.8. The summed E-state index contributed by atoms with van der Waals surface area (Å²) in [6, 6.07) is 0.528. The van der Waals surface area contributed by atoms with Crippen LogP contribution in [0.5, 0.6) is 0 Å². The second kappa shape index (κ2) is 8.09. The summed E-state index contributed by atoms with van der Waals surface area (Å²) in [7, 11) is 0. The van der Waals surface area contributed by atoms with Crippen LogP contribution in [0, 0.1) is 0 Å². The number of halogens is 4. The van der Waals surface area contributed by atoms with Crippen LogP contribution >= 0.6 is 23.4 Å². The Kier molecular flexibility index (Phi) is 7.00. The Morgan fingerprint density at radius 1 is 1.52 bits per heavy atom. The summed E-state index contributed by atoms with van der Waals surface area (Å²) in [5.74, 6) is -1.11. The van der Waals surface area contributed by atoms with Crippen LogP contribution in [-0.2, 0) is 10.9 Å². The van der Waals surface area contributed by atoms with E-state index in [-0.39, 0.29) is 22.9 Å². The lowest BCUT2D eigenvalue weighted by Crippen LogP contribution is -2.19. The van der Waals surface area contributed by atoms with Gasteiger partial charge in [0, 0.05) is 12.4 Å². The molecule has 5 N–H and O–H groups in total. The highest BCUT2D eigenvalue weighted by Crippen LogP contribution is 2.44. The number of carbonyl (C=O) groups is 1. The van der Waals surface area contributed by atoms with E-state index in [2.05, 4.69) is 0 Å². The number of nitrogen functional groups attached to an aromatic ring is 1. The Morgan fingerprint density at radius 3 is 2.61 bits per heavy atom. The van der Waals surface area contributed by atoms with Crippen molar-refractivity contribution in [3.05, 3.63) is 22.2 Å². The van der Waals surface area contributed by atoms with Gasteiger partial charge < -0.3 is 21.3 Å². The monoisotopic (exact) mass is 372 g/mol. The molecule has 10 heteroatoms. The second-order valence-electron chi connectivity index (χ2n) is 4.51. The van der Waals surface area contributed by atoms with Gasteiger partial charge >= 0.3 is 6.18 Å². The molecule has 0 heterocycles. The maximum Gasteiger partial charge on any atom is 0.417 e. The van der Waals surface area contributed by atoms with Crippen LogP contribution < -0.4 is 11.5 Å². The number of hydrogen-bond donors (Lipinski definition) is 3. The molecule has 0 aliphatic carbocycles. The number of benzene rings is 1. The number of primary amides is 1. The van der Waals surface area contributed by atoms with Crippen molar-refractivity contribution in [1.29, 1.82) is 0 Å². The zero-order valence-electron chi connectivity index (χ0n) is 12.1. The number of alkyl halides is 3. The fraction of sp³-hybridized carbons (Fsp3) is 0.462. The number of aliphatic hydroxyl groups excluding tert-OH is 1. The van der Waals surface area contributed by atoms with Gasteiger partial charge in [0.25, 0.3) is 5.91 Å². The van der Waals surface area contributed by atoms with Crippen molar-refractivity contribution < 1.29 is 27.8 Å². The molecular weight excluding hydrogens is 357 g/mol. The fourth-order valence-corrected chi connectivity index (χ4v) is 3.07. The minimum absolute atomic E-state index is 0.0105. The summed E-state index contributed by atoms with van der Waals surface area (Å²) in [6.07, 6.45) is -5.70. The molecule has 0 aliphatic rings. The minimum atomic E-state index is -4.77. The molecule has 0 saturated heterocycles. The van der Waals surface area contributed by atoms with Crippen LogP contribution in [0.3, 0.4) is 0 Å². The first-order valence-corrected chi connectivity index (χ1v) is 7.83. The number of aliphatic hydroxyl groups is 1. The first kappa shape index (κ1) is 19.9. The Hall–Kier alpha value is -1.16. The molecule has 23 heavy (non-hydrogen) atoms. The van der Waals surface area contributed by atoms with Crippen LogP contribution in [0.25, 0.3) is 0 Å². The topological polar surface area (TPSA) is 98.6 Å². The summed E-state index contributed by atoms with van der Waals surface area (Å²) in [5, 5.41) is 9.06. The standard InChI is InChI=1S/C13H16ClF3N2O3S/c1-2-22-4-6(20)5-23-11-9(14)8(13(15,16)17)3-7(10(11)18)12(19)21/h3,6,20H,2,4-5,18H2,1H3,(H2,19,21)/t6-/m1/s1. The van der Waals surface area contributed by atoms with E-state index in [0.29, 0.717) is 12.7 Å². The summed E-state index contributed by atoms with van der Waals surface area (Å²) in [5.41, 5.74) is 8.84. The van der Waals surface area contributed by atoms with Crippen LogP contribution in [0.15, 0.2) is 11.0 Å². The van der Waals surface area contributed by atoms with E-state index in [1.54, 1.807) is 6.92 Å². The number of thioether (sulfide) groups is 1. The van der Waals surface area contributed by atoms with Crippen LogP contribution in [-0.4, -0.2) is 36.1 Å². The van der Waals surface area contributed by atoms with Gasteiger partial charge in [0.15, 0.2) is 0 Å². The van der Waals surface area contributed by atoms with Gasteiger partial charge in [-0.25, -0.2) is 0 Å².